The number of ether oxygens (including phenoxy) is 2. The van der Waals surface area contributed by atoms with E-state index in [4.69, 9.17) is 23.8 Å². The van der Waals surface area contributed by atoms with Gasteiger partial charge >= 0.3 is 18.1 Å². The van der Waals surface area contributed by atoms with E-state index < -0.39 is 12.1 Å². The molecule has 2 aromatic rings. The maximum absolute atomic E-state index is 12.5. The molecule has 1 saturated carbocycles. The molecule has 2 fully saturated rings. The van der Waals surface area contributed by atoms with Crippen LogP contribution in [0.2, 0.25) is 0 Å². The van der Waals surface area contributed by atoms with Gasteiger partial charge < -0.3 is 29.6 Å². The maximum atomic E-state index is 12.5. The van der Waals surface area contributed by atoms with Crippen LogP contribution in [-0.2, 0) is 9.53 Å². The summed E-state index contributed by atoms with van der Waals surface area (Å²) in [6, 6.07) is 7.52. The lowest BCUT2D eigenvalue weighted by Gasteiger charge is -2.10. The minimum atomic E-state index is -5.08. The highest BCUT2D eigenvalue weighted by molar-refractivity contribution is 5.90. The molecule has 13 heteroatoms. The highest BCUT2D eigenvalue weighted by atomic mass is 19.4. The first-order valence-corrected chi connectivity index (χ1v) is 10.6. The lowest BCUT2D eigenvalue weighted by atomic mass is 10.1. The molecule has 2 aliphatic rings. The van der Waals surface area contributed by atoms with E-state index in [1.165, 1.54) is 6.26 Å². The molecular weight excluding hydrogens is 473 g/mol. The molecule has 1 aliphatic carbocycles. The summed E-state index contributed by atoms with van der Waals surface area (Å²) in [5.74, 6) is -2.49. The van der Waals surface area contributed by atoms with Crippen molar-refractivity contribution in [3.8, 4) is 23.1 Å². The topological polar surface area (TPSA) is 147 Å². The summed E-state index contributed by atoms with van der Waals surface area (Å²) in [5, 5.41) is 22.6. The summed E-state index contributed by atoms with van der Waals surface area (Å²) in [5.41, 5.74) is 1.62. The Kier molecular flexibility index (Phi) is 8.31. The third-order valence-corrected chi connectivity index (χ3v) is 5.07. The fourth-order valence-corrected chi connectivity index (χ4v) is 3.27. The second-order valence-corrected chi connectivity index (χ2v) is 7.95. The number of carboxylic acid groups (broad SMARTS) is 1. The van der Waals surface area contributed by atoms with E-state index in [0.717, 1.165) is 19.3 Å². The first-order chi connectivity index (χ1) is 16.6. The first kappa shape index (κ1) is 26.0. The number of halogens is 3. The molecule has 10 nitrogen and oxygen atoms in total. The maximum Gasteiger partial charge on any atom is 0.490 e. The summed E-state index contributed by atoms with van der Waals surface area (Å²) < 4.78 is 48.2. The Morgan fingerprint density at radius 3 is 2.69 bits per heavy atom. The second kappa shape index (κ2) is 11.2. The summed E-state index contributed by atoms with van der Waals surface area (Å²) in [6.45, 7) is 1.28. The van der Waals surface area contributed by atoms with Crippen LogP contribution in [0.25, 0.3) is 11.3 Å². The summed E-state index contributed by atoms with van der Waals surface area (Å²) >= 11 is 0. The minimum Gasteiger partial charge on any atom is -0.490 e. The summed E-state index contributed by atoms with van der Waals surface area (Å²) in [7, 11) is 1.66. The number of carbonyl (C=O) groups is 2. The van der Waals surface area contributed by atoms with Crippen LogP contribution >= 0.6 is 0 Å². The molecule has 188 valence electrons. The van der Waals surface area contributed by atoms with Gasteiger partial charge in [0.15, 0.2) is 0 Å². The van der Waals surface area contributed by atoms with Gasteiger partial charge in [-0.25, -0.2) is 9.78 Å². The number of nitrogens with one attached hydrogen (secondary N) is 2. The molecule has 1 aromatic heterocycles. The Morgan fingerprint density at radius 2 is 2.09 bits per heavy atom. The van der Waals surface area contributed by atoms with Crippen LogP contribution < -0.4 is 15.4 Å². The lowest BCUT2D eigenvalue weighted by molar-refractivity contribution is -0.192. The van der Waals surface area contributed by atoms with E-state index in [-0.39, 0.29) is 30.0 Å². The number of benzene rings is 1. The molecule has 0 unspecified atom stereocenters. The van der Waals surface area contributed by atoms with Crippen LogP contribution in [0.5, 0.6) is 5.75 Å². The number of rotatable bonds is 7. The van der Waals surface area contributed by atoms with Gasteiger partial charge in [0.25, 0.3) is 5.89 Å². The van der Waals surface area contributed by atoms with Gasteiger partial charge in [0.2, 0.25) is 0 Å². The Morgan fingerprint density at radius 1 is 1.37 bits per heavy atom. The van der Waals surface area contributed by atoms with Crippen molar-refractivity contribution in [1.82, 2.24) is 15.6 Å². The Balaban J connectivity index is 0.000000429. The number of nitrogens with zero attached hydrogens (tertiary/aromatic N) is 2. The van der Waals surface area contributed by atoms with E-state index in [0.29, 0.717) is 35.7 Å². The fraction of sp³-hybridized carbons (Fsp3) is 0.455. The number of carboxylic acids is 1. The van der Waals surface area contributed by atoms with Crippen molar-refractivity contribution in [2.75, 3.05) is 20.3 Å². The van der Waals surface area contributed by atoms with Crippen molar-refractivity contribution < 1.29 is 41.8 Å². The highest BCUT2D eigenvalue weighted by Gasteiger charge is 2.38. The largest absolute Gasteiger partial charge is 0.490 e. The van der Waals surface area contributed by atoms with E-state index >= 15 is 0 Å². The highest BCUT2D eigenvalue weighted by Crippen LogP contribution is 2.35. The number of aromatic nitrogens is 1. The Hall–Kier alpha value is -3.63. The molecule has 0 spiro atoms. The standard InChI is InChI=1S/C20H22N4O4.C2HF3O2/c1-26-10-14-7-13(9-22-14)23-19(25)20-24-17(11-27-20)16-6-12(8-21)2-5-18(16)28-15-3-4-15;3-2(4,5)1(6)7/h2,5-6,11,13-15,22H,3-4,7,9-10H2,1H3,(H,23,25);(H,6,7)/t13-,14+;/m1./s1. The number of alkyl halides is 3. The number of hydrogen-bond acceptors (Lipinski definition) is 8. The zero-order valence-electron chi connectivity index (χ0n) is 18.6. The van der Waals surface area contributed by atoms with Gasteiger partial charge in [-0.15, -0.1) is 0 Å². The van der Waals surface area contributed by atoms with Crippen molar-refractivity contribution in [3.05, 3.63) is 35.9 Å². The van der Waals surface area contributed by atoms with Crippen LogP contribution in [0.4, 0.5) is 13.2 Å². The van der Waals surface area contributed by atoms with Gasteiger partial charge in [0.05, 0.1) is 24.3 Å². The number of carbonyl (C=O) groups excluding carboxylic acids is 1. The number of oxazole rings is 1. The van der Waals surface area contributed by atoms with E-state index in [1.54, 1.807) is 25.3 Å². The molecule has 0 radical (unpaired) electrons. The normalized spacial score (nSPS) is 19.3. The molecular formula is C22H23F3N4O6. The van der Waals surface area contributed by atoms with Crippen molar-refractivity contribution >= 4 is 11.9 Å². The average Bonchev–Trinajstić information content (AvgIpc) is 3.29. The van der Waals surface area contributed by atoms with Crippen molar-refractivity contribution in [3.63, 3.8) is 0 Å². The number of hydrogen-bond donors (Lipinski definition) is 3. The average molecular weight is 496 g/mol. The van der Waals surface area contributed by atoms with Crippen LogP contribution in [0.1, 0.15) is 35.5 Å². The van der Waals surface area contributed by atoms with E-state index in [1.807, 2.05) is 0 Å². The predicted molar refractivity (Wildman–Crippen MR) is 114 cm³/mol. The zero-order chi connectivity index (χ0) is 25.6. The number of methoxy groups -OCH3 is 1. The molecule has 0 bridgehead atoms. The van der Waals surface area contributed by atoms with Crippen LogP contribution in [0.3, 0.4) is 0 Å². The van der Waals surface area contributed by atoms with Crippen LogP contribution in [-0.4, -0.2) is 66.6 Å². The van der Waals surface area contributed by atoms with Crippen LogP contribution in [0.15, 0.2) is 28.9 Å². The van der Waals surface area contributed by atoms with Crippen molar-refractivity contribution in [2.24, 2.45) is 0 Å². The molecule has 3 N–H and O–H groups in total. The minimum absolute atomic E-state index is 0.00122. The van der Waals surface area contributed by atoms with E-state index in [9.17, 15) is 23.2 Å². The van der Waals surface area contributed by atoms with Gasteiger partial charge in [-0.05, 0) is 37.5 Å². The van der Waals surface area contributed by atoms with Crippen molar-refractivity contribution in [2.45, 2.75) is 43.6 Å². The second-order valence-electron chi connectivity index (χ2n) is 7.95. The quantitative estimate of drug-likeness (QED) is 0.526. The molecule has 2 atom stereocenters. The number of nitriles is 1. The molecule has 1 aliphatic heterocycles. The summed E-state index contributed by atoms with van der Waals surface area (Å²) in [4.78, 5) is 25.7. The number of aliphatic carboxylic acids is 1. The SMILES string of the molecule is COC[C@@H]1C[C@@H](NC(=O)c2nc(-c3cc(C#N)ccc3OC3CC3)co2)CN1.O=C(O)C(F)(F)F. The molecule has 35 heavy (non-hydrogen) atoms. The molecule has 4 rings (SSSR count). The molecule has 1 amide bonds. The molecule has 2 heterocycles. The van der Waals surface area contributed by atoms with Crippen molar-refractivity contribution in [1.29, 1.82) is 5.26 Å². The smallest absolute Gasteiger partial charge is 0.490 e. The monoisotopic (exact) mass is 496 g/mol. The third kappa shape index (κ3) is 7.43. The number of amides is 1. The third-order valence-electron chi connectivity index (χ3n) is 5.07. The fourth-order valence-electron chi connectivity index (χ4n) is 3.27. The van der Waals surface area contributed by atoms with Crippen LogP contribution in [0, 0.1) is 11.3 Å². The molecule has 1 aromatic carbocycles. The summed E-state index contributed by atoms with van der Waals surface area (Å²) in [6.07, 6.45) is -0.629. The van der Waals surface area contributed by atoms with Gasteiger partial charge in [0, 0.05) is 31.3 Å². The Labute approximate surface area is 198 Å². The van der Waals surface area contributed by atoms with Gasteiger partial charge in [0.1, 0.15) is 17.7 Å². The van der Waals surface area contributed by atoms with Gasteiger partial charge in [-0.3, -0.25) is 4.79 Å². The zero-order valence-corrected chi connectivity index (χ0v) is 18.6. The predicted octanol–water partition coefficient (Wildman–Crippen LogP) is 2.49. The van der Waals surface area contributed by atoms with Gasteiger partial charge in [-0.2, -0.15) is 18.4 Å². The molecule has 1 saturated heterocycles. The Bertz CT molecular complexity index is 1090. The lowest BCUT2D eigenvalue weighted by Crippen LogP contribution is -2.36. The van der Waals surface area contributed by atoms with E-state index in [2.05, 4.69) is 21.7 Å². The van der Waals surface area contributed by atoms with Gasteiger partial charge in [-0.1, -0.05) is 0 Å². The first-order valence-electron chi connectivity index (χ1n) is 10.6.